The highest BCUT2D eigenvalue weighted by molar-refractivity contribution is 5.76. The number of carbonyl (C=O) groups is 1. The van der Waals surface area contributed by atoms with Crippen molar-refractivity contribution in [1.29, 1.82) is 0 Å². The van der Waals surface area contributed by atoms with Gasteiger partial charge in [-0.3, -0.25) is 4.79 Å². The van der Waals surface area contributed by atoms with Crippen LogP contribution in [-0.4, -0.2) is 31.3 Å². The summed E-state index contributed by atoms with van der Waals surface area (Å²) in [5.41, 5.74) is 1.05. The van der Waals surface area contributed by atoms with Crippen LogP contribution in [0.2, 0.25) is 0 Å². The summed E-state index contributed by atoms with van der Waals surface area (Å²) in [5, 5.41) is 12.5. The van der Waals surface area contributed by atoms with Crippen LogP contribution in [0, 0.1) is 5.41 Å². The number of carbonyl (C=O) groups excluding carboxylic acids is 1. The molecule has 1 aromatic rings. The lowest BCUT2D eigenvalue weighted by atomic mass is 9.87. The third-order valence-electron chi connectivity index (χ3n) is 4.46. The van der Waals surface area contributed by atoms with Crippen LogP contribution in [0.15, 0.2) is 24.3 Å². The van der Waals surface area contributed by atoms with Crippen molar-refractivity contribution in [2.45, 2.75) is 38.5 Å². The molecular formula is C17H25NO3. The Kier molecular flexibility index (Phi) is 5.62. The maximum atomic E-state index is 11.9. The quantitative estimate of drug-likeness (QED) is 0.810. The van der Waals surface area contributed by atoms with E-state index in [4.69, 9.17) is 4.74 Å². The summed E-state index contributed by atoms with van der Waals surface area (Å²) in [7, 11) is 1.64. The van der Waals surface area contributed by atoms with E-state index < -0.39 is 0 Å². The van der Waals surface area contributed by atoms with Crippen LogP contribution in [0.25, 0.3) is 0 Å². The zero-order chi connectivity index (χ0) is 15.1. The number of hydrogen-bond donors (Lipinski definition) is 2. The fourth-order valence-corrected chi connectivity index (χ4v) is 2.94. The lowest BCUT2D eigenvalue weighted by molar-refractivity contribution is -0.121. The number of benzene rings is 1. The normalized spacial score (nSPS) is 16.7. The molecule has 1 saturated carbocycles. The minimum atomic E-state index is -0.0736. The van der Waals surface area contributed by atoms with Gasteiger partial charge < -0.3 is 15.2 Å². The van der Waals surface area contributed by atoms with Crippen LogP contribution in [0.3, 0.4) is 0 Å². The number of nitrogens with one attached hydrogen (secondary N) is 1. The zero-order valence-electron chi connectivity index (χ0n) is 12.7. The van der Waals surface area contributed by atoms with E-state index in [0.29, 0.717) is 13.0 Å². The lowest BCUT2D eigenvalue weighted by Gasteiger charge is -2.26. The Morgan fingerprint density at radius 2 is 1.95 bits per heavy atom. The molecule has 1 aliphatic rings. The summed E-state index contributed by atoms with van der Waals surface area (Å²) in [6.45, 7) is 0.775. The van der Waals surface area contributed by atoms with Gasteiger partial charge in [-0.2, -0.15) is 0 Å². The van der Waals surface area contributed by atoms with Gasteiger partial charge in [0, 0.05) is 18.4 Å². The van der Waals surface area contributed by atoms with Gasteiger partial charge in [-0.05, 0) is 37.0 Å². The zero-order valence-corrected chi connectivity index (χ0v) is 12.7. The molecule has 1 aromatic carbocycles. The fraction of sp³-hybridized carbons (Fsp3) is 0.588. The Hall–Kier alpha value is -1.55. The summed E-state index contributed by atoms with van der Waals surface area (Å²) in [6.07, 6.45) is 5.55. The second-order valence-electron chi connectivity index (χ2n) is 5.99. The van der Waals surface area contributed by atoms with E-state index in [1.807, 2.05) is 24.3 Å². The molecule has 0 heterocycles. The van der Waals surface area contributed by atoms with Crippen molar-refractivity contribution in [1.82, 2.24) is 5.32 Å². The smallest absolute Gasteiger partial charge is 0.220 e. The molecule has 0 radical (unpaired) electrons. The molecule has 1 amide bonds. The standard InChI is InChI=1S/C17H25NO3/c1-21-15-7-4-14(5-8-15)6-9-16(20)18-12-17(13-19)10-2-3-11-17/h4-5,7-8,19H,2-3,6,9-13H2,1H3,(H,18,20). The van der Waals surface area contributed by atoms with E-state index in [-0.39, 0.29) is 17.9 Å². The molecule has 4 nitrogen and oxygen atoms in total. The molecule has 1 fully saturated rings. The van der Waals surface area contributed by atoms with Crippen LogP contribution in [-0.2, 0) is 11.2 Å². The van der Waals surface area contributed by atoms with Crippen LogP contribution in [0.1, 0.15) is 37.7 Å². The van der Waals surface area contributed by atoms with Crippen molar-refractivity contribution in [3.05, 3.63) is 29.8 Å². The second kappa shape index (κ2) is 7.46. The van der Waals surface area contributed by atoms with Gasteiger partial charge >= 0.3 is 0 Å². The van der Waals surface area contributed by atoms with E-state index in [2.05, 4.69) is 5.32 Å². The molecule has 0 atom stereocenters. The van der Waals surface area contributed by atoms with Crippen LogP contribution in [0.4, 0.5) is 0 Å². The predicted molar refractivity (Wildman–Crippen MR) is 82.3 cm³/mol. The van der Waals surface area contributed by atoms with Crippen molar-refractivity contribution in [2.75, 3.05) is 20.3 Å². The maximum absolute atomic E-state index is 11.9. The Balaban J connectivity index is 1.74. The third-order valence-corrected chi connectivity index (χ3v) is 4.46. The maximum Gasteiger partial charge on any atom is 0.220 e. The van der Waals surface area contributed by atoms with Gasteiger partial charge in [0.05, 0.1) is 13.7 Å². The first-order chi connectivity index (χ1) is 10.2. The van der Waals surface area contributed by atoms with Crippen LogP contribution < -0.4 is 10.1 Å². The number of amides is 1. The summed E-state index contributed by atoms with van der Waals surface area (Å²) in [4.78, 5) is 11.9. The van der Waals surface area contributed by atoms with E-state index in [1.54, 1.807) is 7.11 Å². The Bertz CT molecular complexity index is 450. The lowest BCUT2D eigenvalue weighted by Crippen LogP contribution is -2.38. The number of hydrogen-bond acceptors (Lipinski definition) is 3. The van der Waals surface area contributed by atoms with Crippen molar-refractivity contribution in [3.63, 3.8) is 0 Å². The van der Waals surface area contributed by atoms with Crippen molar-refractivity contribution in [2.24, 2.45) is 5.41 Å². The fourth-order valence-electron chi connectivity index (χ4n) is 2.94. The third kappa shape index (κ3) is 4.46. The number of ether oxygens (including phenoxy) is 1. The molecule has 0 aromatic heterocycles. The number of aliphatic hydroxyl groups excluding tert-OH is 1. The van der Waals surface area contributed by atoms with E-state index in [9.17, 15) is 9.90 Å². The highest BCUT2D eigenvalue weighted by Crippen LogP contribution is 2.36. The van der Waals surface area contributed by atoms with Gasteiger partial charge in [0.15, 0.2) is 0 Å². The van der Waals surface area contributed by atoms with Gasteiger partial charge in [0.25, 0.3) is 0 Å². The molecule has 21 heavy (non-hydrogen) atoms. The predicted octanol–water partition coefficient (Wildman–Crippen LogP) is 2.30. The molecule has 116 valence electrons. The first-order valence-corrected chi connectivity index (χ1v) is 7.68. The first kappa shape index (κ1) is 15.8. The van der Waals surface area contributed by atoms with Gasteiger partial charge in [-0.25, -0.2) is 0 Å². The van der Waals surface area contributed by atoms with Gasteiger partial charge in [0.1, 0.15) is 5.75 Å². The number of methoxy groups -OCH3 is 1. The molecule has 0 unspecified atom stereocenters. The molecule has 4 heteroatoms. The van der Waals surface area contributed by atoms with Crippen molar-refractivity contribution < 1.29 is 14.6 Å². The Morgan fingerprint density at radius 1 is 1.29 bits per heavy atom. The topological polar surface area (TPSA) is 58.6 Å². The highest BCUT2D eigenvalue weighted by atomic mass is 16.5. The Labute approximate surface area is 126 Å². The summed E-state index contributed by atoms with van der Waals surface area (Å²) in [5.74, 6) is 0.889. The van der Waals surface area contributed by atoms with Gasteiger partial charge in [-0.15, -0.1) is 0 Å². The minimum Gasteiger partial charge on any atom is -0.497 e. The minimum absolute atomic E-state index is 0.0607. The van der Waals surface area contributed by atoms with Crippen molar-refractivity contribution >= 4 is 5.91 Å². The molecule has 0 bridgehead atoms. The highest BCUT2D eigenvalue weighted by Gasteiger charge is 2.33. The first-order valence-electron chi connectivity index (χ1n) is 7.68. The molecule has 1 aliphatic carbocycles. The Morgan fingerprint density at radius 3 is 2.52 bits per heavy atom. The number of rotatable bonds is 7. The van der Waals surface area contributed by atoms with E-state index in [0.717, 1.165) is 43.4 Å². The SMILES string of the molecule is COc1ccc(CCC(=O)NCC2(CO)CCCC2)cc1. The molecule has 2 rings (SSSR count). The number of aryl methyl sites for hydroxylation is 1. The number of aliphatic hydroxyl groups is 1. The molecule has 0 saturated heterocycles. The average molecular weight is 291 g/mol. The summed E-state index contributed by atoms with van der Waals surface area (Å²) < 4.78 is 5.11. The molecule has 2 N–H and O–H groups in total. The summed E-state index contributed by atoms with van der Waals surface area (Å²) >= 11 is 0. The van der Waals surface area contributed by atoms with E-state index in [1.165, 1.54) is 0 Å². The monoisotopic (exact) mass is 291 g/mol. The van der Waals surface area contributed by atoms with Gasteiger partial charge in [-0.1, -0.05) is 25.0 Å². The second-order valence-corrected chi connectivity index (χ2v) is 5.99. The molecular weight excluding hydrogens is 266 g/mol. The van der Waals surface area contributed by atoms with Crippen LogP contribution in [0.5, 0.6) is 5.75 Å². The molecule has 0 spiro atoms. The average Bonchev–Trinajstić information content (AvgIpc) is 3.01. The molecule has 0 aliphatic heterocycles. The van der Waals surface area contributed by atoms with E-state index >= 15 is 0 Å². The summed E-state index contributed by atoms with van der Waals surface area (Å²) in [6, 6.07) is 7.79. The van der Waals surface area contributed by atoms with Gasteiger partial charge in [0.2, 0.25) is 5.91 Å². The van der Waals surface area contributed by atoms with Crippen molar-refractivity contribution in [3.8, 4) is 5.75 Å². The largest absolute Gasteiger partial charge is 0.497 e. The van der Waals surface area contributed by atoms with Crippen LogP contribution >= 0.6 is 0 Å².